The maximum atomic E-state index is 12.3. The van der Waals surface area contributed by atoms with Gasteiger partial charge in [-0.25, -0.2) is 9.48 Å². The Hall–Kier alpha value is -3.46. The lowest BCUT2D eigenvalue weighted by Crippen LogP contribution is -2.16. The molecule has 0 spiro atoms. The zero-order valence-electron chi connectivity index (χ0n) is 16.1. The van der Waals surface area contributed by atoms with E-state index >= 15 is 0 Å². The van der Waals surface area contributed by atoms with Gasteiger partial charge in [-0.1, -0.05) is 19.1 Å². The molecule has 3 aromatic rings. The van der Waals surface area contributed by atoms with Crippen molar-refractivity contribution in [2.45, 2.75) is 26.3 Å². The van der Waals surface area contributed by atoms with Gasteiger partial charge in [0.05, 0.1) is 32.2 Å². The van der Waals surface area contributed by atoms with Crippen molar-refractivity contribution in [2.75, 3.05) is 18.5 Å². The van der Waals surface area contributed by atoms with E-state index in [4.69, 9.17) is 9.84 Å². The lowest BCUT2D eigenvalue weighted by molar-refractivity contribution is 0.161. The molecule has 2 N–H and O–H groups in total. The van der Waals surface area contributed by atoms with E-state index in [2.05, 4.69) is 15.5 Å². The molecule has 0 bridgehead atoms. The average Bonchev–Trinajstić information content (AvgIpc) is 3.17. The van der Waals surface area contributed by atoms with Gasteiger partial charge in [0.1, 0.15) is 11.4 Å². The predicted molar refractivity (Wildman–Crippen MR) is 107 cm³/mol. The van der Waals surface area contributed by atoms with Crippen molar-refractivity contribution in [1.82, 2.24) is 19.6 Å². The Morgan fingerprint density at radius 3 is 2.97 bits per heavy atom. The third-order valence-electron chi connectivity index (χ3n) is 4.08. The number of hydrogen-bond donors (Lipinski definition) is 2. The summed E-state index contributed by atoms with van der Waals surface area (Å²) in [7, 11) is 0. The molecular formula is C20H23N5O4. The summed E-state index contributed by atoms with van der Waals surface area (Å²) in [5.74, 6) is 0. The highest BCUT2D eigenvalue weighted by atomic mass is 16.5. The first-order valence-corrected chi connectivity index (χ1v) is 9.34. The van der Waals surface area contributed by atoms with Crippen molar-refractivity contribution in [3.63, 3.8) is 0 Å². The van der Waals surface area contributed by atoms with Crippen molar-refractivity contribution in [3.05, 3.63) is 70.4 Å². The molecule has 2 heterocycles. The molecule has 9 nitrogen and oxygen atoms in total. The summed E-state index contributed by atoms with van der Waals surface area (Å²) < 4.78 is 8.19. The summed E-state index contributed by atoms with van der Waals surface area (Å²) in [6, 6.07) is 8.65. The quantitative estimate of drug-likeness (QED) is 0.601. The minimum atomic E-state index is -0.510. The third kappa shape index (κ3) is 5.52. The van der Waals surface area contributed by atoms with Crippen LogP contribution in [0, 0.1) is 0 Å². The number of benzene rings is 1. The minimum absolute atomic E-state index is 0.0136. The van der Waals surface area contributed by atoms with Crippen molar-refractivity contribution < 1.29 is 14.6 Å². The highest BCUT2D eigenvalue weighted by molar-refractivity contribution is 5.84. The first-order chi connectivity index (χ1) is 14.1. The Labute approximate surface area is 167 Å². The summed E-state index contributed by atoms with van der Waals surface area (Å²) in [6.45, 7) is 2.65. The Morgan fingerprint density at radius 1 is 1.31 bits per heavy atom. The molecule has 0 radical (unpaired) electrons. The molecule has 2 aromatic heterocycles. The van der Waals surface area contributed by atoms with E-state index < -0.39 is 6.09 Å². The summed E-state index contributed by atoms with van der Waals surface area (Å²) in [6.07, 6.45) is 5.48. The van der Waals surface area contributed by atoms with Crippen LogP contribution in [0.4, 0.5) is 10.5 Å². The number of amides is 1. The maximum Gasteiger partial charge on any atom is 0.411 e. The van der Waals surface area contributed by atoms with Gasteiger partial charge in [-0.05, 0) is 24.1 Å². The van der Waals surface area contributed by atoms with Crippen LogP contribution in [-0.2, 0) is 17.7 Å². The Bertz CT molecular complexity index is 1030. The molecule has 3 rings (SSSR count). The molecule has 0 atom stereocenters. The van der Waals surface area contributed by atoms with Gasteiger partial charge in [0, 0.05) is 24.4 Å². The van der Waals surface area contributed by atoms with Gasteiger partial charge >= 0.3 is 6.09 Å². The van der Waals surface area contributed by atoms with E-state index in [1.54, 1.807) is 46.2 Å². The largest absolute Gasteiger partial charge is 0.449 e. The number of aromatic nitrogens is 4. The summed E-state index contributed by atoms with van der Waals surface area (Å²) in [5.41, 5.74) is 2.30. The number of carbonyl (C=O) groups excluding carboxylic acids is 1. The van der Waals surface area contributed by atoms with Gasteiger partial charge in [0.2, 0.25) is 5.43 Å². The van der Waals surface area contributed by atoms with E-state index in [0.717, 1.165) is 12.0 Å². The second kappa shape index (κ2) is 9.65. The highest BCUT2D eigenvalue weighted by Gasteiger charge is 2.09. The van der Waals surface area contributed by atoms with Gasteiger partial charge < -0.3 is 9.84 Å². The van der Waals surface area contributed by atoms with Crippen LogP contribution >= 0.6 is 0 Å². The maximum absolute atomic E-state index is 12.3. The zero-order chi connectivity index (χ0) is 20.6. The van der Waals surface area contributed by atoms with E-state index in [0.29, 0.717) is 36.6 Å². The Morgan fingerprint density at radius 2 is 2.17 bits per heavy atom. The van der Waals surface area contributed by atoms with Crippen molar-refractivity contribution in [1.29, 1.82) is 0 Å². The molecule has 0 unspecified atom stereocenters. The molecule has 1 amide bonds. The fourth-order valence-corrected chi connectivity index (χ4v) is 2.71. The number of aliphatic hydroxyl groups excluding tert-OH is 1. The molecule has 0 saturated carbocycles. The van der Waals surface area contributed by atoms with E-state index in [1.165, 1.54) is 6.07 Å². The van der Waals surface area contributed by atoms with Gasteiger partial charge in [-0.2, -0.15) is 10.2 Å². The third-order valence-corrected chi connectivity index (χ3v) is 4.08. The molecule has 152 valence electrons. The number of hydrogen-bond acceptors (Lipinski definition) is 6. The van der Waals surface area contributed by atoms with Crippen LogP contribution < -0.4 is 10.7 Å². The second-order valence-corrected chi connectivity index (χ2v) is 6.39. The van der Waals surface area contributed by atoms with Crippen LogP contribution in [0.5, 0.6) is 0 Å². The van der Waals surface area contributed by atoms with Crippen molar-refractivity contribution in [2.24, 2.45) is 0 Å². The lowest BCUT2D eigenvalue weighted by Gasteiger charge is -2.08. The molecule has 0 aliphatic carbocycles. The van der Waals surface area contributed by atoms with Gasteiger partial charge in [-0.3, -0.25) is 14.8 Å². The van der Waals surface area contributed by atoms with Gasteiger partial charge in [0.25, 0.3) is 0 Å². The summed E-state index contributed by atoms with van der Waals surface area (Å²) >= 11 is 0. The number of nitrogens with one attached hydrogen (secondary N) is 1. The normalized spacial score (nSPS) is 10.7. The highest BCUT2D eigenvalue weighted by Crippen LogP contribution is 2.14. The first-order valence-electron chi connectivity index (χ1n) is 9.34. The smallest absolute Gasteiger partial charge is 0.411 e. The van der Waals surface area contributed by atoms with Crippen LogP contribution in [-0.4, -0.2) is 44.0 Å². The number of nitrogens with zero attached hydrogens (tertiary/aromatic N) is 4. The number of ether oxygens (including phenoxy) is 1. The van der Waals surface area contributed by atoms with E-state index in [1.807, 2.05) is 13.0 Å². The molecule has 29 heavy (non-hydrogen) atoms. The molecule has 0 fully saturated rings. The van der Waals surface area contributed by atoms with Crippen LogP contribution in [0.3, 0.4) is 0 Å². The van der Waals surface area contributed by atoms with Crippen LogP contribution in [0.25, 0.3) is 5.69 Å². The van der Waals surface area contributed by atoms with Crippen LogP contribution in [0.2, 0.25) is 0 Å². The topological polar surface area (TPSA) is 111 Å². The predicted octanol–water partition coefficient (Wildman–Crippen LogP) is 1.97. The van der Waals surface area contributed by atoms with Crippen LogP contribution in [0.1, 0.15) is 24.6 Å². The first kappa shape index (κ1) is 20.3. The van der Waals surface area contributed by atoms with Crippen molar-refractivity contribution in [3.8, 4) is 5.69 Å². The molecule has 9 heteroatoms. The SMILES string of the molecule is CCCOC(=O)Nc1cccc(Cc2nn(-c3cnn(CCO)c3)ccc2=O)c1. The Kier molecular flexibility index (Phi) is 6.75. The second-order valence-electron chi connectivity index (χ2n) is 6.39. The average molecular weight is 397 g/mol. The fourth-order valence-electron chi connectivity index (χ4n) is 2.71. The molecule has 0 aliphatic rings. The number of carbonyl (C=O) groups is 1. The van der Waals surface area contributed by atoms with Gasteiger partial charge in [0.15, 0.2) is 0 Å². The summed E-state index contributed by atoms with van der Waals surface area (Å²) in [4.78, 5) is 24.0. The van der Waals surface area contributed by atoms with Crippen LogP contribution in [0.15, 0.2) is 53.7 Å². The standard InChI is InChI=1S/C20H23N5O4/c1-2-10-29-20(28)22-16-5-3-4-15(11-16)12-18-19(27)6-7-25(23-18)17-13-21-24(14-17)8-9-26/h3-7,11,13-14,26H,2,8-10,12H2,1H3,(H,22,28). The molecule has 0 saturated heterocycles. The number of anilines is 1. The molecule has 1 aromatic carbocycles. The summed E-state index contributed by atoms with van der Waals surface area (Å²) in [5, 5.41) is 20.2. The minimum Gasteiger partial charge on any atom is -0.449 e. The molecule has 0 aliphatic heterocycles. The van der Waals surface area contributed by atoms with Crippen molar-refractivity contribution >= 4 is 11.8 Å². The lowest BCUT2D eigenvalue weighted by atomic mass is 10.1. The Balaban J connectivity index is 1.76. The fraction of sp³-hybridized carbons (Fsp3) is 0.300. The number of aliphatic hydroxyl groups is 1. The molecular weight excluding hydrogens is 374 g/mol. The van der Waals surface area contributed by atoms with Gasteiger partial charge in [-0.15, -0.1) is 0 Å². The van der Waals surface area contributed by atoms with E-state index in [-0.39, 0.29) is 12.0 Å². The zero-order valence-corrected chi connectivity index (χ0v) is 16.1. The monoisotopic (exact) mass is 397 g/mol. The number of rotatable bonds is 8. The van der Waals surface area contributed by atoms with E-state index in [9.17, 15) is 9.59 Å².